The second kappa shape index (κ2) is 21.2. The van der Waals surface area contributed by atoms with E-state index in [9.17, 15) is 19.2 Å². The number of thiol groups is 2. The fourth-order valence-corrected chi connectivity index (χ4v) is 5.89. The SMILES string of the molecule is CCNC(=O)CC(Cc1ccc(Cl)cc1)NC(=O)[C@@H](NC(=O)C(Cc1ccccc1)NC(=O)CCCCC(S)CCS)C(C)C. The highest BCUT2D eigenvalue weighted by molar-refractivity contribution is 7.81. The number of rotatable bonds is 20. The van der Waals surface area contributed by atoms with Crippen LogP contribution in [0.5, 0.6) is 0 Å². The van der Waals surface area contributed by atoms with Crippen molar-refractivity contribution in [2.75, 3.05) is 12.3 Å². The molecule has 2 aromatic carbocycles. The lowest BCUT2D eigenvalue weighted by molar-refractivity contribution is -0.133. The Morgan fingerprint density at radius 3 is 2.09 bits per heavy atom. The van der Waals surface area contributed by atoms with Crippen molar-refractivity contribution in [3.8, 4) is 0 Å². The molecule has 0 saturated heterocycles. The number of unbranched alkanes of at least 4 members (excludes halogenated alkanes) is 1. The summed E-state index contributed by atoms with van der Waals surface area (Å²) in [6.07, 6.45) is 4.42. The van der Waals surface area contributed by atoms with E-state index in [0.717, 1.165) is 36.1 Å². The molecule has 3 unspecified atom stereocenters. The molecule has 4 atom stereocenters. The first-order valence-electron chi connectivity index (χ1n) is 15.8. The molecule has 0 aliphatic rings. The maximum Gasteiger partial charge on any atom is 0.243 e. The fraction of sp³-hybridized carbons (Fsp3) is 0.529. The number of carbonyl (C=O) groups excluding carboxylic acids is 4. The summed E-state index contributed by atoms with van der Waals surface area (Å²) in [6.45, 7) is 6.00. The maximum atomic E-state index is 13.7. The highest BCUT2D eigenvalue weighted by Crippen LogP contribution is 2.15. The van der Waals surface area contributed by atoms with Gasteiger partial charge in [-0.1, -0.05) is 74.3 Å². The van der Waals surface area contributed by atoms with Crippen LogP contribution in [0.1, 0.15) is 70.4 Å². The van der Waals surface area contributed by atoms with Crippen molar-refractivity contribution in [3.63, 3.8) is 0 Å². The van der Waals surface area contributed by atoms with Crippen LogP contribution < -0.4 is 21.3 Å². The maximum absolute atomic E-state index is 13.7. The van der Waals surface area contributed by atoms with Crippen molar-refractivity contribution in [1.82, 2.24) is 21.3 Å². The Hall–Kier alpha value is -2.69. The van der Waals surface area contributed by atoms with Gasteiger partial charge in [-0.3, -0.25) is 19.2 Å². The van der Waals surface area contributed by atoms with Gasteiger partial charge in [-0.25, -0.2) is 0 Å². The molecule has 0 radical (unpaired) electrons. The van der Waals surface area contributed by atoms with Crippen molar-refractivity contribution < 1.29 is 19.2 Å². The van der Waals surface area contributed by atoms with Crippen molar-refractivity contribution in [1.29, 1.82) is 0 Å². The van der Waals surface area contributed by atoms with Crippen LogP contribution in [-0.4, -0.2) is 59.3 Å². The first-order valence-corrected chi connectivity index (χ1v) is 17.3. The topological polar surface area (TPSA) is 116 Å². The van der Waals surface area contributed by atoms with E-state index >= 15 is 0 Å². The van der Waals surface area contributed by atoms with Gasteiger partial charge < -0.3 is 21.3 Å². The molecule has 0 saturated carbocycles. The van der Waals surface area contributed by atoms with Gasteiger partial charge in [0.1, 0.15) is 12.1 Å². The zero-order valence-electron chi connectivity index (χ0n) is 26.6. The third-order valence-electron chi connectivity index (χ3n) is 7.38. The number of hydrogen-bond donors (Lipinski definition) is 6. The molecule has 0 aliphatic heterocycles. The van der Waals surface area contributed by atoms with E-state index in [0.29, 0.717) is 30.8 Å². The van der Waals surface area contributed by atoms with E-state index in [1.165, 1.54) is 0 Å². The van der Waals surface area contributed by atoms with Crippen LogP contribution in [-0.2, 0) is 32.0 Å². The van der Waals surface area contributed by atoms with Gasteiger partial charge in [-0.2, -0.15) is 25.3 Å². The number of nitrogens with one attached hydrogen (secondary N) is 4. The minimum Gasteiger partial charge on any atom is -0.356 e. The van der Waals surface area contributed by atoms with Crippen molar-refractivity contribution in [3.05, 3.63) is 70.7 Å². The molecule has 0 fully saturated rings. The van der Waals surface area contributed by atoms with E-state index in [1.807, 2.05) is 63.2 Å². The zero-order chi connectivity index (χ0) is 33.2. The second-order valence-corrected chi connectivity index (χ2v) is 13.3. The normalized spacial score (nSPS) is 13.8. The molecule has 0 heterocycles. The van der Waals surface area contributed by atoms with E-state index in [4.69, 9.17) is 11.6 Å². The van der Waals surface area contributed by atoms with E-state index < -0.39 is 29.9 Å². The largest absolute Gasteiger partial charge is 0.356 e. The molecular weight excluding hydrogens is 628 g/mol. The van der Waals surface area contributed by atoms with Crippen LogP contribution in [0.3, 0.4) is 0 Å². The Morgan fingerprint density at radius 2 is 1.47 bits per heavy atom. The van der Waals surface area contributed by atoms with Crippen molar-refractivity contribution >= 4 is 60.5 Å². The number of amides is 4. The molecule has 0 bridgehead atoms. The summed E-state index contributed by atoms with van der Waals surface area (Å²) < 4.78 is 0. The van der Waals surface area contributed by atoms with Crippen LogP contribution in [0.25, 0.3) is 0 Å². The number of carbonyl (C=O) groups is 4. The van der Waals surface area contributed by atoms with Crippen molar-refractivity contribution in [2.45, 2.75) is 95.5 Å². The van der Waals surface area contributed by atoms with E-state index in [-0.39, 0.29) is 35.8 Å². The highest BCUT2D eigenvalue weighted by Gasteiger charge is 2.30. The van der Waals surface area contributed by atoms with E-state index in [1.54, 1.807) is 12.1 Å². The van der Waals surface area contributed by atoms with Gasteiger partial charge in [0.2, 0.25) is 23.6 Å². The van der Waals surface area contributed by atoms with Gasteiger partial charge in [-0.15, -0.1) is 0 Å². The third kappa shape index (κ3) is 15.4. The molecule has 2 rings (SSSR count). The summed E-state index contributed by atoms with van der Waals surface area (Å²) in [5.74, 6) is -0.714. The Bertz CT molecular complexity index is 1200. The van der Waals surface area contributed by atoms with Crippen LogP contribution in [0.15, 0.2) is 54.6 Å². The van der Waals surface area contributed by atoms with Crippen molar-refractivity contribution in [2.24, 2.45) is 5.92 Å². The predicted molar refractivity (Wildman–Crippen MR) is 189 cm³/mol. The molecule has 8 nitrogen and oxygen atoms in total. The summed E-state index contributed by atoms with van der Waals surface area (Å²) in [4.78, 5) is 52.7. The molecule has 0 aromatic heterocycles. The Kier molecular flexibility index (Phi) is 18.1. The summed E-state index contributed by atoms with van der Waals surface area (Å²) in [6, 6.07) is 14.4. The predicted octanol–water partition coefficient (Wildman–Crippen LogP) is 4.94. The molecule has 11 heteroatoms. The van der Waals surface area contributed by atoms with Gasteiger partial charge in [0.05, 0.1) is 0 Å². The molecule has 2 aromatic rings. The summed E-state index contributed by atoms with van der Waals surface area (Å²) in [5, 5.41) is 12.4. The standard InChI is InChI=1S/C34H49ClN4O4S2/c1-4-36-31(41)22-27(20-25-14-16-26(35)17-15-25)37-34(43)32(23(2)3)39-33(42)29(21-24-10-6-5-7-11-24)38-30(40)13-9-8-12-28(45)18-19-44/h5-7,10-11,14-17,23,27-29,32,44-45H,4,8-9,12-13,18-22H2,1-3H3,(H,36,41)(H,37,43)(H,38,40)(H,39,42)/t27?,28?,29?,32-/m0/s1. The van der Waals surface area contributed by atoms with Crippen LogP contribution in [0.4, 0.5) is 0 Å². The third-order valence-corrected chi connectivity index (χ3v) is 8.41. The van der Waals surface area contributed by atoms with Gasteiger partial charge in [0.15, 0.2) is 0 Å². The molecule has 4 N–H and O–H groups in total. The number of benzene rings is 2. The average molecular weight is 677 g/mol. The number of halogens is 1. The van der Waals surface area contributed by atoms with Crippen LogP contribution in [0.2, 0.25) is 5.02 Å². The highest BCUT2D eigenvalue weighted by atomic mass is 35.5. The molecule has 0 aliphatic carbocycles. The van der Waals surface area contributed by atoms with Gasteiger partial charge in [0, 0.05) is 42.1 Å². The molecule has 248 valence electrons. The smallest absolute Gasteiger partial charge is 0.243 e. The van der Waals surface area contributed by atoms with Crippen LogP contribution in [0, 0.1) is 5.92 Å². The monoisotopic (exact) mass is 676 g/mol. The molecule has 45 heavy (non-hydrogen) atoms. The Morgan fingerprint density at radius 1 is 0.800 bits per heavy atom. The van der Waals surface area contributed by atoms with Gasteiger partial charge >= 0.3 is 0 Å². The van der Waals surface area contributed by atoms with Crippen LogP contribution >= 0.6 is 36.9 Å². The zero-order valence-corrected chi connectivity index (χ0v) is 29.1. The summed E-state index contributed by atoms with van der Waals surface area (Å²) in [5.41, 5.74) is 1.80. The quantitative estimate of drug-likeness (QED) is 0.0881. The van der Waals surface area contributed by atoms with Gasteiger partial charge in [-0.05, 0) is 67.5 Å². The molecule has 0 spiro atoms. The van der Waals surface area contributed by atoms with E-state index in [2.05, 4.69) is 46.5 Å². The minimum absolute atomic E-state index is 0.0796. The molecular formula is C34H49ClN4O4S2. The first kappa shape index (κ1) is 38.5. The Balaban J connectivity index is 2.13. The lowest BCUT2D eigenvalue weighted by atomic mass is 9.98. The fourth-order valence-electron chi connectivity index (χ4n) is 4.94. The lowest BCUT2D eigenvalue weighted by Gasteiger charge is -2.28. The molecule has 4 amide bonds. The number of hydrogen-bond acceptors (Lipinski definition) is 6. The summed E-state index contributed by atoms with van der Waals surface area (Å²) in [7, 11) is 0. The lowest BCUT2D eigenvalue weighted by Crippen LogP contribution is -2.57. The second-order valence-electron chi connectivity index (χ2n) is 11.6. The average Bonchev–Trinajstić information content (AvgIpc) is 2.99. The minimum atomic E-state index is -0.881. The Labute approximate surface area is 284 Å². The first-order chi connectivity index (χ1) is 21.5. The van der Waals surface area contributed by atoms with Gasteiger partial charge in [0.25, 0.3) is 0 Å². The summed E-state index contributed by atoms with van der Waals surface area (Å²) >= 11 is 14.8.